The molecule has 0 fully saturated rings. The lowest BCUT2D eigenvalue weighted by Gasteiger charge is -2.17. The van der Waals surface area contributed by atoms with Crippen LogP contribution in [-0.2, 0) is 16.6 Å². The maximum atomic E-state index is 11.4. The summed E-state index contributed by atoms with van der Waals surface area (Å²) in [5.74, 6) is 0. The van der Waals surface area contributed by atoms with Crippen molar-refractivity contribution in [2.75, 3.05) is 25.9 Å². The van der Waals surface area contributed by atoms with Crippen LogP contribution in [0.2, 0.25) is 0 Å². The second kappa shape index (κ2) is 7.23. The molecule has 1 rings (SSSR count). The Hall–Kier alpha value is -0.430. The van der Waals surface area contributed by atoms with E-state index >= 15 is 0 Å². The zero-order chi connectivity index (χ0) is 13.6. The van der Waals surface area contributed by atoms with Gasteiger partial charge in [-0.2, -0.15) is 0 Å². The summed E-state index contributed by atoms with van der Waals surface area (Å²) < 4.78 is 24.2. The van der Waals surface area contributed by atoms with Crippen LogP contribution in [0.1, 0.15) is 23.8 Å². The molecule has 0 saturated carbocycles. The standard InChI is InChI=1S/C12H22N2O2S2/c1-4-14(18(3,15)16)8-5-7-13-10-12-11(2)6-9-17-12/h6,9,13H,4-5,7-8,10H2,1-3H3. The fraction of sp³-hybridized carbons (Fsp3) is 0.667. The molecule has 0 atom stereocenters. The van der Waals surface area contributed by atoms with E-state index in [9.17, 15) is 8.42 Å². The van der Waals surface area contributed by atoms with E-state index in [0.717, 1.165) is 19.5 Å². The quantitative estimate of drug-likeness (QED) is 0.743. The third-order valence-corrected chi connectivity index (χ3v) is 5.24. The number of sulfonamides is 1. The van der Waals surface area contributed by atoms with Crippen LogP contribution in [0.3, 0.4) is 0 Å². The van der Waals surface area contributed by atoms with Crippen molar-refractivity contribution >= 4 is 21.4 Å². The van der Waals surface area contributed by atoms with Crippen LogP contribution >= 0.6 is 11.3 Å². The van der Waals surface area contributed by atoms with E-state index in [2.05, 4.69) is 23.7 Å². The highest BCUT2D eigenvalue weighted by Crippen LogP contribution is 2.14. The van der Waals surface area contributed by atoms with Crippen LogP contribution < -0.4 is 5.32 Å². The van der Waals surface area contributed by atoms with Crippen LogP contribution in [0.4, 0.5) is 0 Å². The Balaban J connectivity index is 2.21. The van der Waals surface area contributed by atoms with Gasteiger partial charge in [0.05, 0.1) is 6.26 Å². The molecule has 1 aromatic rings. The first-order valence-electron chi connectivity index (χ1n) is 6.14. The molecule has 0 spiro atoms. The lowest BCUT2D eigenvalue weighted by Crippen LogP contribution is -2.32. The average Bonchev–Trinajstić information content (AvgIpc) is 2.67. The van der Waals surface area contributed by atoms with Crippen molar-refractivity contribution in [1.82, 2.24) is 9.62 Å². The van der Waals surface area contributed by atoms with Gasteiger partial charge >= 0.3 is 0 Å². The zero-order valence-electron chi connectivity index (χ0n) is 11.3. The van der Waals surface area contributed by atoms with E-state index < -0.39 is 10.0 Å². The summed E-state index contributed by atoms with van der Waals surface area (Å²) in [5.41, 5.74) is 1.32. The lowest BCUT2D eigenvalue weighted by molar-refractivity contribution is 0.419. The monoisotopic (exact) mass is 290 g/mol. The Bertz CT molecular complexity index is 454. The van der Waals surface area contributed by atoms with E-state index in [1.165, 1.54) is 21.0 Å². The second-order valence-corrected chi connectivity index (χ2v) is 7.29. The minimum absolute atomic E-state index is 0.545. The number of hydrogen-bond donors (Lipinski definition) is 1. The van der Waals surface area contributed by atoms with Crippen LogP contribution in [0.15, 0.2) is 11.4 Å². The molecule has 0 aliphatic carbocycles. The lowest BCUT2D eigenvalue weighted by atomic mass is 10.3. The highest BCUT2D eigenvalue weighted by molar-refractivity contribution is 7.88. The summed E-state index contributed by atoms with van der Waals surface area (Å²) in [7, 11) is -3.04. The molecule has 104 valence electrons. The van der Waals surface area contributed by atoms with Gasteiger partial charge in [0.25, 0.3) is 0 Å². The third kappa shape index (κ3) is 5.06. The molecular weight excluding hydrogens is 268 g/mol. The SMILES string of the molecule is CCN(CCCNCc1sccc1C)S(C)(=O)=O. The van der Waals surface area contributed by atoms with Gasteiger partial charge in [-0.25, -0.2) is 12.7 Å². The molecule has 0 unspecified atom stereocenters. The summed E-state index contributed by atoms with van der Waals surface area (Å²) in [6, 6.07) is 2.12. The van der Waals surface area contributed by atoms with Gasteiger partial charge in [-0.3, -0.25) is 0 Å². The highest BCUT2D eigenvalue weighted by atomic mass is 32.2. The van der Waals surface area contributed by atoms with Crippen LogP contribution in [0.5, 0.6) is 0 Å². The number of rotatable bonds is 8. The van der Waals surface area contributed by atoms with Crippen molar-refractivity contribution in [3.63, 3.8) is 0 Å². The molecule has 0 amide bonds. The summed E-state index contributed by atoms with van der Waals surface area (Å²) in [5, 5.41) is 5.44. The minimum Gasteiger partial charge on any atom is -0.312 e. The number of nitrogens with one attached hydrogen (secondary N) is 1. The number of aryl methyl sites for hydroxylation is 1. The molecule has 0 aliphatic heterocycles. The Morgan fingerprint density at radius 1 is 1.44 bits per heavy atom. The first-order valence-corrected chi connectivity index (χ1v) is 8.86. The van der Waals surface area contributed by atoms with Gasteiger partial charge in [0.2, 0.25) is 10.0 Å². The van der Waals surface area contributed by atoms with E-state index in [4.69, 9.17) is 0 Å². The van der Waals surface area contributed by atoms with Gasteiger partial charge in [-0.15, -0.1) is 11.3 Å². The maximum Gasteiger partial charge on any atom is 0.211 e. The van der Waals surface area contributed by atoms with Crippen LogP contribution in [-0.4, -0.2) is 38.6 Å². The fourth-order valence-corrected chi connectivity index (χ4v) is 3.53. The third-order valence-electron chi connectivity index (χ3n) is 2.84. The molecule has 4 nitrogen and oxygen atoms in total. The molecule has 1 heterocycles. The molecule has 1 aromatic heterocycles. The summed E-state index contributed by atoms with van der Waals surface area (Å²) in [4.78, 5) is 1.35. The molecule has 0 aliphatic rings. The zero-order valence-corrected chi connectivity index (χ0v) is 12.9. The van der Waals surface area contributed by atoms with Crippen molar-refractivity contribution in [3.8, 4) is 0 Å². The summed E-state index contributed by atoms with van der Waals surface area (Å²) in [6.07, 6.45) is 2.10. The van der Waals surface area contributed by atoms with E-state index in [-0.39, 0.29) is 0 Å². The van der Waals surface area contributed by atoms with Crippen molar-refractivity contribution in [2.24, 2.45) is 0 Å². The highest BCUT2D eigenvalue weighted by Gasteiger charge is 2.12. The molecular formula is C12H22N2O2S2. The Morgan fingerprint density at radius 3 is 2.67 bits per heavy atom. The molecule has 0 radical (unpaired) electrons. The van der Waals surface area contributed by atoms with Crippen molar-refractivity contribution in [3.05, 3.63) is 21.9 Å². The number of thiophene rings is 1. The van der Waals surface area contributed by atoms with Crippen molar-refractivity contribution in [2.45, 2.75) is 26.8 Å². The Labute approximate surface area is 114 Å². The Kier molecular flexibility index (Phi) is 6.28. The van der Waals surface area contributed by atoms with Gasteiger partial charge in [0.1, 0.15) is 0 Å². The molecule has 6 heteroatoms. The van der Waals surface area contributed by atoms with E-state index in [1.54, 1.807) is 11.3 Å². The van der Waals surface area contributed by atoms with Crippen LogP contribution in [0.25, 0.3) is 0 Å². The second-order valence-electron chi connectivity index (χ2n) is 4.31. The smallest absolute Gasteiger partial charge is 0.211 e. The fourth-order valence-electron chi connectivity index (χ4n) is 1.73. The van der Waals surface area contributed by atoms with Crippen molar-refractivity contribution in [1.29, 1.82) is 0 Å². The van der Waals surface area contributed by atoms with E-state index in [1.807, 2.05) is 6.92 Å². The predicted octanol–water partition coefficient (Wildman–Crippen LogP) is 1.82. The summed E-state index contributed by atoms with van der Waals surface area (Å²) >= 11 is 1.75. The predicted molar refractivity (Wildman–Crippen MR) is 77.5 cm³/mol. The van der Waals surface area contributed by atoms with Crippen molar-refractivity contribution < 1.29 is 8.42 Å². The number of nitrogens with zero attached hydrogens (tertiary/aromatic N) is 1. The summed E-state index contributed by atoms with van der Waals surface area (Å²) in [6.45, 7) is 6.81. The van der Waals surface area contributed by atoms with Crippen LogP contribution in [0, 0.1) is 6.92 Å². The minimum atomic E-state index is -3.04. The van der Waals surface area contributed by atoms with Gasteiger partial charge in [-0.1, -0.05) is 6.92 Å². The molecule has 0 saturated heterocycles. The normalized spacial score (nSPS) is 12.2. The topological polar surface area (TPSA) is 49.4 Å². The number of hydrogen-bond acceptors (Lipinski definition) is 4. The van der Waals surface area contributed by atoms with Gasteiger partial charge < -0.3 is 5.32 Å². The average molecular weight is 290 g/mol. The largest absolute Gasteiger partial charge is 0.312 e. The molecule has 0 aromatic carbocycles. The van der Waals surface area contributed by atoms with Gasteiger partial charge in [0, 0.05) is 24.5 Å². The first-order chi connectivity index (χ1) is 8.45. The first kappa shape index (κ1) is 15.6. The molecule has 0 bridgehead atoms. The molecule has 18 heavy (non-hydrogen) atoms. The molecule has 1 N–H and O–H groups in total. The van der Waals surface area contributed by atoms with E-state index in [0.29, 0.717) is 13.1 Å². The van der Waals surface area contributed by atoms with Gasteiger partial charge in [-0.05, 0) is 36.9 Å². The maximum absolute atomic E-state index is 11.4. The van der Waals surface area contributed by atoms with Gasteiger partial charge in [0.15, 0.2) is 0 Å². The Morgan fingerprint density at radius 2 is 2.17 bits per heavy atom.